The molecular weight excluding hydrogens is 190 g/mol. The minimum Gasteiger partial charge on any atom is -0.383 e. The molecule has 1 aliphatic heterocycles. The number of nitrogens with two attached hydrogens (primary N) is 1. The Labute approximate surface area is 79.4 Å². The first-order valence-corrected chi connectivity index (χ1v) is 6.30. The molecule has 78 valence electrons. The molecule has 1 saturated heterocycles. The Morgan fingerprint density at radius 1 is 1.62 bits per heavy atom. The summed E-state index contributed by atoms with van der Waals surface area (Å²) in [4.78, 5) is 0. The third-order valence-corrected chi connectivity index (χ3v) is 4.18. The zero-order valence-electron chi connectivity index (χ0n) is 7.90. The second kappa shape index (κ2) is 4.39. The molecular formula is C8H17NO3S. The molecule has 0 aromatic rings. The van der Waals surface area contributed by atoms with Crippen LogP contribution in [0.25, 0.3) is 0 Å². The Bertz CT molecular complexity index is 250. The van der Waals surface area contributed by atoms with Crippen LogP contribution in [-0.2, 0) is 14.6 Å². The molecule has 13 heavy (non-hydrogen) atoms. The van der Waals surface area contributed by atoms with Crippen LogP contribution >= 0.6 is 0 Å². The summed E-state index contributed by atoms with van der Waals surface area (Å²) in [6.45, 7) is 0.510. The topological polar surface area (TPSA) is 69.4 Å². The van der Waals surface area contributed by atoms with Gasteiger partial charge in [0.15, 0.2) is 9.84 Å². The largest absolute Gasteiger partial charge is 0.383 e. The highest BCUT2D eigenvalue weighted by Gasteiger charge is 2.28. The van der Waals surface area contributed by atoms with Crippen molar-refractivity contribution in [3.63, 3.8) is 0 Å². The quantitative estimate of drug-likeness (QED) is 0.692. The minimum absolute atomic E-state index is 0.0247. The Hall–Kier alpha value is -0.130. The second-order valence-electron chi connectivity index (χ2n) is 3.72. The fraction of sp³-hybridized carbons (Fsp3) is 1.00. The second-order valence-corrected chi connectivity index (χ2v) is 5.95. The zero-order valence-corrected chi connectivity index (χ0v) is 8.72. The van der Waals surface area contributed by atoms with Gasteiger partial charge < -0.3 is 10.5 Å². The maximum Gasteiger partial charge on any atom is 0.150 e. The van der Waals surface area contributed by atoms with Gasteiger partial charge in [0.1, 0.15) is 0 Å². The van der Waals surface area contributed by atoms with E-state index >= 15 is 0 Å². The van der Waals surface area contributed by atoms with E-state index in [2.05, 4.69) is 0 Å². The molecule has 0 radical (unpaired) electrons. The highest BCUT2D eigenvalue weighted by molar-refractivity contribution is 7.91. The molecule has 4 nitrogen and oxygen atoms in total. The van der Waals surface area contributed by atoms with Gasteiger partial charge in [0.2, 0.25) is 0 Å². The van der Waals surface area contributed by atoms with E-state index in [-0.39, 0.29) is 12.0 Å². The average Bonchev–Trinajstić information content (AvgIpc) is 2.30. The van der Waals surface area contributed by atoms with E-state index in [1.807, 2.05) is 0 Å². The third kappa shape index (κ3) is 3.62. The van der Waals surface area contributed by atoms with Crippen molar-refractivity contribution in [2.24, 2.45) is 11.7 Å². The number of ether oxygens (including phenoxy) is 1. The standard InChI is InChI=1S/C8H17NO3S/c1-12-5-8(9)4-7-2-3-13(10,11)6-7/h7-8H,2-6,9H2,1H3. The molecule has 0 aliphatic carbocycles. The molecule has 0 aromatic carbocycles. The molecule has 1 rings (SSSR count). The van der Waals surface area contributed by atoms with Crippen molar-refractivity contribution in [1.82, 2.24) is 0 Å². The highest BCUT2D eigenvalue weighted by atomic mass is 32.2. The summed E-state index contributed by atoms with van der Waals surface area (Å²) in [7, 11) is -1.15. The molecule has 2 unspecified atom stereocenters. The Balaban J connectivity index is 2.32. The van der Waals surface area contributed by atoms with E-state index in [4.69, 9.17) is 10.5 Å². The Morgan fingerprint density at radius 2 is 2.31 bits per heavy atom. The van der Waals surface area contributed by atoms with Gasteiger partial charge in [-0.25, -0.2) is 8.42 Å². The first-order valence-electron chi connectivity index (χ1n) is 4.48. The molecule has 2 N–H and O–H groups in total. The first kappa shape index (κ1) is 10.9. The van der Waals surface area contributed by atoms with Crippen molar-refractivity contribution in [2.75, 3.05) is 25.2 Å². The summed E-state index contributed by atoms with van der Waals surface area (Å²) in [6, 6.07) is -0.0247. The zero-order chi connectivity index (χ0) is 9.90. The number of hydrogen-bond acceptors (Lipinski definition) is 4. The van der Waals surface area contributed by atoms with Crippen LogP contribution in [0.1, 0.15) is 12.8 Å². The highest BCUT2D eigenvalue weighted by Crippen LogP contribution is 2.22. The van der Waals surface area contributed by atoms with Crippen molar-refractivity contribution in [1.29, 1.82) is 0 Å². The van der Waals surface area contributed by atoms with Crippen molar-refractivity contribution in [3.05, 3.63) is 0 Å². The van der Waals surface area contributed by atoms with E-state index in [1.165, 1.54) is 0 Å². The van der Waals surface area contributed by atoms with Gasteiger partial charge in [0, 0.05) is 13.2 Å². The van der Waals surface area contributed by atoms with Crippen molar-refractivity contribution >= 4 is 9.84 Å². The summed E-state index contributed by atoms with van der Waals surface area (Å²) in [5.74, 6) is 0.886. The smallest absolute Gasteiger partial charge is 0.150 e. The molecule has 0 bridgehead atoms. The van der Waals surface area contributed by atoms with E-state index in [9.17, 15) is 8.42 Å². The summed E-state index contributed by atoms with van der Waals surface area (Å²) < 4.78 is 27.1. The van der Waals surface area contributed by atoms with Crippen LogP contribution in [0.4, 0.5) is 0 Å². The number of methoxy groups -OCH3 is 1. The summed E-state index contributed by atoms with van der Waals surface area (Å²) in [6.07, 6.45) is 1.52. The van der Waals surface area contributed by atoms with Gasteiger partial charge in [-0.05, 0) is 18.8 Å². The lowest BCUT2D eigenvalue weighted by Gasteiger charge is -2.13. The monoisotopic (exact) mass is 207 g/mol. The molecule has 0 amide bonds. The Kier molecular flexibility index (Phi) is 3.70. The molecule has 0 saturated carbocycles. The van der Waals surface area contributed by atoms with E-state index in [1.54, 1.807) is 7.11 Å². The van der Waals surface area contributed by atoms with Crippen molar-refractivity contribution in [2.45, 2.75) is 18.9 Å². The van der Waals surface area contributed by atoms with Crippen LogP contribution < -0.4 is 5.73 Å². The SMILES string of the molecule is COCC(N)CC1CCS(=O)(=O)C1. The van der Waals surface area contributed by atoms with E-state index in [0.717, 1.165) is 12.8 Å². The normalized spacial score (nSPS) is 28.9. The fourth-order valence-electron chi connectivity index (χ4n) is 1.77. The van der Waals surface area contributed by atoms with Gasteiger partial charge in [-0.15, -0.1) is 0 Å². The molecule has 2 atom stereocenters. The van der Waals surface area contributed by atoms with E-state index < -0.39 is 9.84 Å². The molecule has 1 heterocycles. The summed E-state index contributed by atoms with van der Waals surface area (Å²) >= 11 is 0. The van der Waals surface area contributed by atoms with Gasteiger partial charge in [-0.3, -0.25) is 0 Å². The van der Waals surface area contributed by atoms with Crippen LogP contribution in [0.3, 0.4) is 0 Å². The predicted molar refractivity (Wildman–Crippen MR) is 51.2 cm³/mol. The maximum atomic E-state index is 11.1. The minimum atomic E-state index is -2.75. The van der Waals surface area contributed by atoms with Gasteiger partial charge in [0.25, 0.3) is 0 Å². The van der Waals surface area contributed by atoms with Gasteiger partial charge in [-0.1, -0.05) is 0 Å². The molecule has 1 fully saturated rings. The van der Waals surface area contributed by atoms with E-state index in [0.29, 0.717) is 18.1 Å². The van der Waals surface area contributed by atoms with Crippen molar-refractivity contribution in [3.8, 4) is 0 Å². The molecule has 0 spiro atoms. The lowest BCUT2D eigenvalue weighted by Crippen LogP contribution is -2.28. The Morgan fingerprint density at radius 3 is 2.77 bits per heavy atom. The van der Waals surface area contributed by atoms with Gasteiger partial charge in [-0.2, -0.15) is 0 Å². The average molecular weight is 207 g/mol. The number of rotatable bonds is 4. The third-order valence-electron chi connectivity index (χ3n) is 2.34. The van der Waals surface area contributed by atoms with Gasteiger partial charge in [0.05, 0.1) is 18.1 Å². The molecule has 0 aromatic heterocycles. The predicted octanol–water partition coefficient (Wildman–Crippen LogP) is -0.215. The number of sulfone groups is 1. The van der Waals surface area contributed by atoms with Crippen LogP contribution in [0.15, 0.2) is 0 Å². The van der Waals surface area contributed by atoms with Crippen LogP contribution in [0.2, 0.25) is 0 Å². The lowest BCUT2D eigenvalue weighted by atomic mass is 10.0. The van der Waals surface area contributed by atoms with Crippen LogP contribution in [0.5, 0.6) is 0 Å². The van der Waals surface area contributed by atoms with Crippen LogP contribution in [-0.4, -0.2) is 39.7 Å². The van der Waals surface area contributed by atoms with Gasteiger partial charge >= 0.3 is 0 Å². The first-order chi connectivity index (χ1) is 6.03. The summed E-state index contributed by atoms with van der Waals surface area (Å²) in [5.41, 5.74) is 5.73. The van der Waals surface area contributed by atoms with Crippen LogP contribution in [0, 0.1) is 5.92 Å². The summed E-state index contributed by atoms with van der Waals surface area (Å²) in [5, 5.41) is 0. The fourth-order valence-corrected chi connectivity index (χ4v) is 3.65. The lowest BCUT2D eigenvalue weighted by molar-refractivity contribution is 0.171. The maximum absolute atomic E-state index is 11.1. The number of hydrogen-bond donors (Lipinski definition) is 1. The molecule has 5 heteroatoms. The van der Waals surface area contributed by atoms with Crippen molar-refractivity contribution < 1.29 is 13.2 Å². The molecule has 1 aliphatic rings.